The molecule has 0 saturated heterocycles. The van der Waals surface area contributed by atoms with Crippen LogP contribution in [0.3, 0.4) is 0 Å². The van der Waals surface area contributed by atoms with Crippen molar-refractivity contribution in [2.75, 3.05) is 6.61 Å². The van der Waals surface area contributed by atoms with Gasteiger partial charge in [-0.3, -0.25) is 0 Å². The molecule has 124 valence electrons. The number of aliphatic hydroxyl groups is 1. The third-order valence-corrected chi connectivity index (χ3v) is 3.28. The Morgan fingerprint density at radius 1 is 1.30 bits per heavy atom. The zero-order valence-electron chi connectivity index (χ0n) is 13.6. The van der Waals surface area contributed by atoms with Crippen molar-refractivity contribution in [3.63, 3.8) is 0 Å². The van der Waals surface area contributed by atoms with E-state index >= 15 is 0 Å². The Morgan fingerprint density at radius 2 is 1.96 bits per heavy atom. The van der Waals surface area contributed by atoms with Crippen molar-refractivity contribution in [3.8, 4) is 11.3 Å². The number of aromatic carboxylic acids is 1. The summed E-state index contributed by atoms with van der Waals surface area (Å²) in [5, 5.41) is 19.7. The Labute approximate surface area is 135 Å². The summed E-state index contributed by atoms with van der Waals surface area (Å²) >= 11 is 0. The van der Waals surface area contributed by atoms with Gasteiger partial charge in [-0.05, 0) is 20.8 Å². The maximum Gasteiger partial charge on any atom is 0.356 e. The van der Waals surface area contributed by atoms with Gasteiger partial charge < -0.3 is 19.5 Å². The first kappa shape index (κ1) is 17.2. The molecule has 0 bridgehead atoms. The van der Waals surface area contributed by atoms with Crippen molar-refractivity contribution in [3.05, 3.63) is 41.9 Å². The third kappa shape index (κ3) is 4.18. The lowest BCUT2D eigenvalue weighted by molar-refractivity contribution is 0.0572. The van der Waals surface area contributed by atoms with Gasteiger partial charge in [0.2, 0.25) is 0 Å². The lowest BCUT2D eigenvalue weighted by Crippen LogP contribution is -2.27. The number of carboxylic acid groups (broad SMARTS) is 1. The standard InChI is InChI=1S/C17H22N2O4/c1-4-23-10-13-18-14(16(20)21)15(12-8-6-5-7-9-12)19(13)11-17(2,3)22/h5-9,22H,4,10-11H2,1-3H3,(H,20,21). The molecule has 0 aliphatic carbocycles. The lowest BCUT2D eigenvalue weighted by atomic mass is 10.1. The molecule has 0 atom stereocenters. The highest BCUT2D eigenvalue weighted by molar-refractivity contribution is 5.93. The Bertz CT molecular complexity index is 672. The molecular weight excluding hydrogens is 296 g/mol. The minimum absolute atomic E-state index is 0.0323. The molecule has 6 heteroatoms. The van der Waals surface area contributed by atoms with Crippen molar-refractivity contribution in [2.45, 2.75) is 39.5 Å². The van der Waals surface area contributed by atoms with Crippen LogP contribution in [0, 0.1) is 0 Å². The van der Waals surface area contributed by atoms with Crippen LogP contribution >= 0.6 is 0 Å². The highest BCUT2D eigenvalue weighted by Gasteiger charge is 2.26. The van der Waals surface area contributed by atoms with Crippen molar-refractivity contribution in [1.29, 1.82) is 0 Å². The summed E-state index contributed by atoms with van der Waals surface area (Å²) < 4.78 is 7.13. The highest BCUT2D eigenvalue weighted by atomic mass is 16.5. The average Bonchev–Trinajstić information content (AvgIpc) is 2.83. The van der Waals surface area contributed by atoms with E-state index in [2.05, 4.69) is 4.98 Å². The number of benzene rings is 1. The van der Waals surface area contributed by atoms with Crippen molar-refractivity contribution < 1.29 is 19.7 Å². The van der Waals surface area contributed by atoms with Crippen LogP contribution in [-0.4, -0.2) is 37.9 Å². The predicted octanol–water partition coefficient (Wildman–Crippen LogP) is 2.56. The molecule has 1 heterocycles. The van der Waals surface area contributed by atoms with Gasteiger partial charge in [-0.1, -0.05) is 30.3 Å². The largest absolute Gasteiger partial charge is 0.476 e. The molecule has 0 fully saturated rings. The summed E-state index contributed by atoms with van der Waals surface area (Å²) in [6, 6.07) is 9.19. The molecule has 2 aromatic rings. The highest BCUT2D eigenvalue weighted by Crippen LogP contribution is 2.27. The minimum atomic E-state index is -1.10. The Morgan fingerprint density at radius 3 is 2.48 bits per heavy atom. The zero-order valence-corrected chi connectivity index (χ0v) is 13.6. The number of hydrogen-bond donors (Lipinski definition) is 2. The summed E-state index contributed by atoms with van der Waals surface area (Å²) in [4.78, 5) is 15.9. The number of rotatable bonds is 7. The quantitative estimate of drug-likeness (QED) is 0.819. The van der Waals surface area contributed by atoms with Crippen LogP contribution < -0.4 is 0 Å². The number of ether oxygens (including phenoxy) is 1. The molecule has 0 spiro atoms. The summed E-state index contributed by atoms with van der Waals surface area (Å²) in [5.74, 6) is -0.610. The zero-order chi connectivity index (χ0) is 17.0. The summed E-state index contributed by atoms with van der Waals surface area (Å²) in [7, 11) is 0. The number of aromatic nitrogens is 2. The van der Waals surface area contributed by atoms with E-state index in [9.17, 15) is 15.0 Å². The Balaban J connectivity index is 2.63. The van der Waals surface area contributed by atoms with Crippen LogP contribution in [0.15, 0.2) is 30.3 Å². The van der Waals surface area contributed by atoms with Gasteiger partial charge in [0.25, 0.3) is 0 Å². The fourth-order valence-electron chi connectivity index (χ4n) is 2.40. The van der Waals surface area contributed by atoms with Gasteiger partial charge >= 0.3 is 5.97 Å². The normalized spacial score (nSPS) is 11.7. The molecule has 6 nitrogen and oxygen atoms in total. The van der Waals surface area contributed by atoms with E-state index in [1.54, 1.807) is 18.4 Å². The monoisotopic (exact) mass is 318 g/mol. The maximum atomic E-state index is 11.6. The molecular formula is C17H22N2O4. The summed E-state index contributed by atoms with van der Waals surface area (Å²) in [6.07, 6.45) is 0. The van der Waals surface area contributed by atoms with Crippen LogP contribution in [0.2, 0.25) is 0 Å². The lowest BCUT2D eigenvalue weighted by Gasteiger charge is -2.21. The van der Waals surface area contributed by atoms with Crippen LogP contribution in [0.1, 0.15) is 37.1 Å². The van der Waals surface area contributed by atoms with Gasteiger partial charge in [0.05, 0.1) is 17.8 Å². The fourth-order valence-corrected chi connectivity index (χ4v) is 2.40. The molecule has 23 heavy (non-hydrogen) atoms. The van der Waals surface area contributed by atoms with E-state index in [1.165, 1.54) is 0 Å². The fraction of sp³-hybridized carbons (Fsp3) is 0.412. The number of carboxylic acids is 1. The number of hydrogen-bond acceptors (Lipinski definition) is 4. The van der Waals surface area contributed by atoms with Crippen molar-refractivity contribution >= 4 is 5.97 Å². The van der Waals surface area contributed by atoms with Crippen molar-refractivity contribution in [2.24, 2.45) is 0 Å². The van der Waals surface area contributed by atoms with E-state index in [1.807, 2.05) is 37.3 Å². The smallest absolute Gasteiger partial charge is 0.356 e. The van der Waals surface area contributed by atoms with Crippen LogP contribution in [0.5, 0.6) is 0 Å². The molecule has 0 aliphatic heterocycles. The molecule has 2 N–H and O–H groups in total. The molecule has 0 radical (unpaired) electrons. The molecule has 1 aromatic carbocycles. The first-order valence-corrected chi connectivity index (χ1v) is 7.51. The van der Waals surface area contributed by atoms with Gasteiger partial charge in [-0.15, -0.1) is 0 Å². The first-order chi connectivity index (χ1) is 10.8. The Kier molecular flexibility index (Phi) is 5.18. The number of imidazole rings is 1. The Hall–Kier alpha value is -2.18. The number of carbonyl (C=O) groups is 1. The topological polar surface area (TPSA) is 84.6 Å². The molecule has 1 aromatic heterocycles. The van der Waals surface area contributed by atoms with Gasteiger partial charge in [0.1, 0.15) is 12.4 Å². The molecule has 0 saturated carbocycles. The molecule has 2 rings (SSSR count). The second kappa shape index (κ2) is 6.93. The molecule has 0 amide bonds. The van der Waals surface area contributed by atoms with Crippen LogP contribution in [0.25, 0.3) is 11.3 Å². The van der Waals surface area contributed by atoms with E-state index in [-0.39, 0.29) is 18.8 Å². The second-order valence-electron chi connectivity index (χ2n) is 5.93. The first-order valence-electron chi connectivity index (χ1n) is 7.51. The maximum absolute atomic E-state index is 11.6. The van der Waals surface area contributed by atoms with Crippen molar-refractivity contribution in [1.82, 2.24) is 9.55 Å². The predicted molar refractivity (Wildman–Crippen MR) is 86.3 cm³/mol. The van der Waals surface area contributed by atoms with Gasteiger partial charge in [-0.2, -0.15) is 0 Å². The minimum Gasteiger partial charge on any atom is -0.476 e. The van der Waals surface area contributed by atoms with Crippen LogP contribution in [-0.2, 0) is 17.9 Å². The summed E-state index contributed by atoms with van der Waals surface area (Å²) in [5.41, 5.74) is 0.176. The van der Waals surface area contributed by atoms with E-state index in [0.717, 1.165) is 5.56 Å². The van der Waals surface area contributed by atoms with Gasteiger partial charge in [0.15, 0.2) is 5.69 Å². The number of nitrogens with zero attached hydrogens (tertiary/aromatic N) is 2. The molecule has 0 unspecified atom stereocenters. The van der Waals surface area contributed by atoms with Gasteiger partial charge in [0, 0.05) is 12.2 Å². The van der Waals surface area contributed by atoms with E-state index < -0.39 is 11.6 Å². The third-order valence-electron chi connectivity index (χ3n) is 3.28. The van der Waals surface area contributed by atoms with E-state index in [4.69, 9.17) is 4.74 Å². The SMILES string of the molecule is CCOCc1nc(C(=O)O)c(-c2ccccc2)n1CC(C)(C)O. The van der Waals surface area contributed by atoms with Gasteiger partial charge in [-0.25, -0.2) is 9.78 Å². The second-order valence-corrected chi connectivity index (χ2v) is 5.93. The van der Waals surface area contributed by atoms with Crippen LogP contribution in [0.4, 0.5) is 0 Å². The molecule has 0 aliphatic rings. The average molecular weight is 318 g/mol. The summed E-state index contributed by atoms with van der Waals surface area (Å²) in [6.45, 7) is 6.12. The van der Waals surface area contributed by atoms with E-state index in [0.29, 0.717) is 18.1 Å².